The number of hydrogen-bond acceptors (Lipinski definition) is 2. The lowest BCUT2D eigenvalue weighted by atomic mass is 10.3. The zero-order valence-corrected chi connectivity index (χ0v) is 6.66. The van der Waals surface area contributed by atoms with Crippen LogP contribution in [0, 0.1) is 0 Å². The molecule has 0 spiro atoms. The van der Waals surface area contributed by atoms with E-state index in [1.54, 1.807) is 0 Å². The topological polar surface area (TPSA) is 21.3 Å². The van der Waals surface area contributed by atoms with Crippen LogP contribution >= 0.6 is 0 Å². The second-order valence-corrected chi connectivity index (χ2v) is 2.85. The Morgan fingerprint density at radius 2 is 2.17 bits per heavy atom. The molecule has 2 nitrogen and oxygen atoms in total. The molecule has 0 aromatic rings. The van der Waals surface area contributed by atoms with Gasteiger partial charge in [0.1, 0.15) is 0 Å². The fraction of sp³-hybridized carbons (Fsp3) is 1.00. The Kier molecular flexibility index (Phi) is 3.34. The van der Waals surface area contributed by atoms with Crippen molar-refractivity contribution in [1.29, 1.82) is 0 Å². The van der Waals surface area contributed by atoms with Gasteiger partial charge in [0.15, 0.2) is 0 Å². The van der Waals surface area contributed by atoms with Gasteiger partial charge in [-0.25, -0.2) is 0 Å². The van der Waals surface area contributed by atoms with Crippen LogP contribution in [-0.2, 0) is 4.74 Å². The highest BCUT2D eigenvalue weighted by Crippen LogP contribution is 2.19. The molecule has 1 N–H and O–H groups in total. The maximum Gasteiger partial charge on any atom is 0.391 e. The van der Waals surface area contributed by atoms with Crippen LogP contribution in [0.15, 0.2) is 0 Å². The summed E-state index contributed by atoms with van der Waals surface area (Å²) in [5, 5.41) is 3.01. The highest BCUT2D eigenvalue weighted by Gasteiger charge is 2.27. The summed E-state index contributed by atoms with van der Waals surface area (Å²) in [6.07, 6.45) is -4.14. The fourth-order valence-corrected chi connectivity index (χ4v) is 1.11. The molecule has 1 rings (SSSR count). The third-order valence-electron chi connectivity index (χ3n) is 1.75. The summed E-state index contributed by atoms with van der Waals surface area (Å²) in [5.41, 5.74) is 0. The van der Waals surface area contributed by atoms with Gasteiger partial charge in [0, 0.05) is 6.54 Å². The van der Waals surface area contributed by atoms with E-state index < -0.39 is 12.6 Å². The molecule has 1 aliphatic heterocycles. The minimum absolute atomic E-state index is 0.0210. The molecule has 1 aliphatic rings. The molecule has 0 aromatic carbocycles. The van der Waals surface area contributed by atoms with Crippen LogP contribution in [0.25, 0.3) is 0 Å². The van der Waals surface area contributed by atoms with Crippen LogP contribution in [-0.4, -0.2) is 32.0 Å². The normalized spacial score (nSPS) is 24.8. The molecule has 72 valence electrons. The van der Waals surface area contributed by atoms with E-state index in [1.807, 2.05) is 0 Å². The molecular formula is C7H12F3NO. The van der Waals surface area contributed by atoms with Gasteiger partial charge in [0.05, 0.1) is 19.1 Å². The molecule has 0 aromatic heterocycles. The van der Waals surface area contributed by atoms with E-state index in [4.69, 9.17) is 4.74 Å². The molecule has 0 radical (unpaired) electrons. The Bertz CT molecular complexity index is 131. The Labute approximate surface area is 69.1 Å². The van der Waals surface area contributed by atoms with Crippen LogP contribution in [0.5, 0.6) is 0 Å². The number of ether oxygens (including phenoxy) is 1. The molecule has 1 fully saturated rings. The summed E-state index contributed by atoms with van der Waals surface area (Å²) >= 11 is 0. The highest BCUT2D eigenvalue weighted by atomic mass is 19.4. The number of halogens is 3. The molecular weight excluding hydrogens is 171 g/mol. The molecule has 0 amide bonds. The summed E-state index contributed by atoms with van der Waals surface area (Å²) < 4.78 is 39.9. The van der Waals surface area contributed by atoms with E-state index in [9.17, 15) is 13.2 Å². The van der Waals surface area contributed by atoms with Crippen LogP contribution in [0.4, 0.5) is 13.2 Å². The molecule has 5 heteroatoms. The van der Waals surface area contributed by atoms with E-state index in [2.05, 4.69) is 5.32 Å². The lowest BCUT2D eigenvalue weighted by Crippen LogP contribution is -2.20. The van der Waals surface area contributed by atoms with Crippen LogP contribution in [0.3, 0.4) is 0 Å². The van der Waals surface area contributed by atoms with Gasteiger partial charge in [-0.1, -0.05) is 0 Å². The molecule has 0 unspecified atom stereocenters. The van der Waals surface area contributed by atoms with E-state index in [1.165, 1.54) is 0 Å². The maximum atomic E-state index is 11.6. The fourth-order valence-electron chi connectivity index (χ4n) is 1.11. The Morgan fingerprint density at radius 1 is 1.42 bits per heavy atom. The Morgan fingerprint density at radius 3 is 2.67 bits per heavy atom. The number of hydrogen-bond donors (Lipinski definition) is 1. The zero-order chi connectivity index (χ0) is 9.03. The second kappa shape index (κ2) is 4.09. The van der Waals surface area contributed by atoms with Gasteiger partial charge in [-0.2, -0.15) is 13.2 Å². The molecule has 0 saturated carbocycles. The average molecular weight is 183 g/mol. The number of rotatable bonds is 3. The monoisotopic (exact) mass is 183 g/mol. The first kappa shape index (κ1) is 9.80. The predicted molar refractivity (Wildman–Crippen MR) is 37.9 cm³/mol. The van der Waals surface area contributed by atoms with E-state index in [-0.39, 0.29) is 12.7 Å². The number of nitrogens with one attached hydrogen (secondary N) is 1. The van der Waals surface area contributed by atoms with Crippen molar-refractivity contribution >= 4 is 0 Å². The summed E-state index contributed by atoms with van der Waals surface area (Å²) in [6, 6.07) is 0. The largest absolute Gasteiger partial charge is 0.391 e. The molecule has 12 heavy (non-hydrogen) atoms. The van der Waals surface area contributed by atoms with Crippen molar-refractivity contribution in [3.63, 3.8) is 0 Å². The maximum absolute atomic E-state index is 11.6. The van der Waals surface area contributed by atoms with Crippen LogP contribution in [0.1, 0.15) is 12.8 Å². The van der Waals surface area contributed by atoms with Crippen LogP contribution < -0.4 is 5.32 Å². The van der Waals surface area contributed by atoms with E-state index >= 15 is 0 Å². The molecule has 0 bridgehead atoms. The molecule has 1 heterocycles. The summed E-state index contributed by atoms with van der Waals surface area (Å²) in [7, 11) is 0. The lowest BCUT2D eigenvalue weighted by molar-refractivity contribution is -0.148. The first-order valence-electron chi connectivity index (χ1n) is 3.97. The van der Waals surface area contributed by atoms with Crippen molar-refractivity contribution in [2.45, 2.75) is 25.1 Å². The Balaban J connectivity index is 2.02. The molecule has 1 saturated heterocycles. The van der Waals surface area contributed by atoms with Gasteiger partial charge >= 0.3 is 6.18 Å². The summed E-state index contributed by atoms with van der Waals surface area (Å²) in [6.45, 7) is 1.31. The summed E-state index contributed by atoms with van der Waals surface area (Å²) in [4.78, 5) is 0. The van der Waals surface area contributed by atoms with Gasteiger partial charge in [-0.15, -0.1) is 0 Å². The molecule has 0 aliphatic carbocycles. The third kappa shape index (κ3) is 3.92. The quantitative estimate of drug-likeness (QED) is 0.712. The van der Waals surface area contributed by atoms with Crippen molar-refractivity contribution in [1.82, 2.24) is 5.32 Å². The summed E-state index contributed by atoms with van der Waals surface area (Å²) in [5.74, 6) is 0. The lowest BCUT2D eigenvalue weighted by Gasteiger charge is -2.11. The zero-order valence-electron chi connectivity index (χ0n) is 6.66. The predicted octanol–water partition coefficient (Wildman–Crippen LogP) is 1.32. The average Bonchev–Trinajstić information content (AvgIpc) is 2.36. The van der Waals surface area contributed by atoms with Crippen molar-refractivity contribution in [3.8, 4) is 0 Å². The van der Waals surface area contributed by atoms with Gasteiger partial charge in [-0.3, -0.25) is 0 Å². The van der Waals surface area contributed by atoms with E-state index in [0.29, 0.717) is 6.54 Å². The Hall–Kier alpha value is -0.290. The SMILES string of the molecule is FC(F)(F)CCO[C@@H]1CCNC1. The van der Waals surface area contributed by atoms with Gasteiger partial charge in [0.2, 0.25) is 0 Å². The molecule has 1 atom stereocenters. The third-order valence-corrected chi connectivity index (χ3v) is 1.75. The highest BCUT2D eigenvalue weighted by molar-refractivity contribution is 4.70. The van der Waals surface area contributed by atoms with Crippen molar-refractivity contribution in [2.24, 2.45) is 0 Å². The number of alkyl halides is 3. The second-order valence-electron chi connectivity index (χ2n) is 2.85. The van der Waals surface area contributed by atoms with Gasteiger partial charge in [-0.05, 0) is 13.0 Å². The smallest absolute Gasteiger partial charge is 0.376 e. The first-order chi connectivity index (χ1) is 5.58. The minimum atomic E-state index is -4.09. The van der Waals surface area contributed by atoms with Crippen molar-refractivity contribution in [3.05, 3.63) is 0 Å². The van der Waals surface area contributed by atoms with Crippen molar-refractivity contribution < 1.29 is 17.9 Å². The standard InChI is InChI=1S/C7H12F3NO/c8-7(9,10)2-4-12-6-1-3-11-5-6/h6,11H,1-5H2/t6-/m1/s1. The van der Waals surface area contributed by atoms with Gasteiger partial charge in [0.25, 0.3) is 0 Å². The van der Waals surface area contributed by atoms with Crippen molar-refractivity contribution in [2.75, 3.05) is 19.7 Å². The van der Waals surface area contributed by atoms with E-state index in [0.717, 1.165) is 13.0 Å². The van der Waals surface area contributed by atoms with Crippen LogP contribution in [0.2, 0.25) is 0 Å². The first-order valence-corrected chi connectivity index (χ1v) is 3.97. The minimum Gasteiger partial charge on any atom is -0.376 e. The van der Waals surface area contributed by atoms with Gasteiger partial charge < -0.3 is 10.1 Å².